The molecule has 0 saturated heterocycles. The van der Waals surface area contributed by atoms with Crippen LogP contribution in [0.2, 0.25) is 25.7 Å². The molecule has 0 atom stereocenters. The topological polar surface area (TPSA) is 84.0 Å². The van der Waals surface area contributed by atoms with Gasteiger partial charge in [-0.05, 0) is 25.1 Å². The molecule has 0 unspecified atom stereocenters. The summed E-state index contributed by atoms with van der Waals surface area (Å²) in [6.45, 7) is 16.3. The first kappa shape index (κ1) is 23.9. The van der Waals surface area contributed by atoms with Crippen molar-refractivity contribution in [2.45, 2.75) is 60.1 Å². The molecule has 0 aliphatic carbocycles. The summed E-state index contributed by atoms with van der Waals surface area (Å²) in [7, 11) is -1.19. The van der Waals surface area contributed by atoms with Crippen molar-refractivity contribution in [3.8, 4) is 6.07 Å². The average molecular weight is 452 g/mol. The number of pyridine rings is 2. The van der Waals surface area contributed by atoms with E-state index in [9.17, 15) is 10.1 Å². The summed E-state index contributed by atoms with van der Waals surface area (Å²) in [6, 6.07) is 6.96. The standard InChI is InChI=1S/C24H33N5O2Si/c1-8-28(23(30)24(2,3)4)18-12-20-19-11-17(13-25)26-15-21(19)29(22(20)27-14-18)16-31-9-10-32(5,6)7/h11-12,14-15H,8-10,16H2,1-7H3. The van der Waals surface area contributed by atoms with Gasteiger partial charge in [0.05, 0.1) is 23.6 Å². The lowest BCUT2D eigenvalue weighted by atomic mass is 9.94. The molecular formula is C24H33N5O2Si. The molecule has 32 heavy (non-hydrogen) atoms. The van der Waals surface area contributed by atoms with Gasteiger partial charge in [0.2, 0.25) is 5.91 Å². The zero-order valence-electron chi connectivity index (χ0n) is 20.2. The molecule has 0 aliphatic rings. The Morgan fingerprint density at radius 1 is 1.19 bits per heavy atom. The molecule has 1 amide bonds. The van der Waals surface area contributed by atoms with E-state index in [-0.39, 0.29) is 5.91 Å². The van der Waals surface area contributed by atoms with Gasteiger partial charge in [0.1, 0.15) is 24.1 Å². The lowest BCUT2D eigenvalue weighted by Crippen LogP contribution is -2.39. The summed E-state index contributed by atoms with van der Waals surface area (Å²) < 4.78 is 8.00. The summed E-state index contributed by atoms with van der Waals surface area (Å²) in [6.07, 6.45) is 3.44. The Morgan fingerprint density at radius 3 is 2.50 bits per heavy atom. The van der Waals surface area contributed by atoms with Crippen LogP contribution < -0.4 is 4.90 Å². The molecule has 170 valence electrons. The number of rotatable bonds is 7. The van der Waals surface area contributed by atoms with Crippen LogP contribution in [0, 0.1) is 16.7 Å². The Hall–Kier alpha value is -2.76. The Kier molecular flexibility index (Phi) is 6.72. The van der Waals surface area contributed by atoms with Crippen LogP contribution in [0.15, 0.2) is 24.5 Å². The van der Waals surface area contributed by atoms with E-state index in [1.54, 1.807) is 23.4 Å². The van der Waals surface area contributed by atoms with Crippen LogP contribution in [0.5, 0.6) is 0 Å². The van der Waals surface area contributed by atoms with E-state index in [4.69, 9.17) is 9.72 Å². The minimum Gasteiger partial charge on any atom is -0.361 e. The van der Waals surface area contributed by atoms with E-state index in [2.05, 4.69) is 30.7 Å². The van der Waals surface area contributed by atoms with Gasteiger partial charge < -0.3 is 9.64 Å². The van der Waals surface area contributed by atoms with Gasteiger partial charge in [-0.3, -0.25) is 9.36 Å². The van der Waals surface area contributed by atoms with E-state index in [0.29, 0.717) is 25.6 Å². The van der Waals surface area contributed by atoms with Crippen molar-refractivity contribution in [3.05, 3.63) is 30.2 Å². The van der Waals surface area contributed by atoms with Gasteiger partial charge >= 0.3 is 0 Å². The summed E-state index contributed by atoms with van der Waals surface area (Å²) >= 11 is 0. The minimum atomic E-state index is -1.19. The van der Waals surface area contributed by atoms with Crippen molar-refractivity contribution >= 4 is 41.6 Å². The predicted molar refractivity (Wildman–Crippen MR) is 131 cm³/mol. The highest BCUT2D eigenvalue weighted by atomic mass is 28.3. The molecule has 0 aromatic carbocycles. The number of hydrogen-bond donors (Lipinski definition) is 0. The number of anilines is 1. The second-order valence-electron chi connectivity index (χ2n) is 10.3. The molecule has 8 heteroatoms. The van der Waals surface area contributed by atoms with Crippen molar-refractivity contribution in [1.82, 2.24) is 14.5 Å². The molecule has 0 fully saturated rings. The Morgan fingerprint density at radius 2 is 1.91 bits per heavy atom. The number of nitrogens with zero attached hydrogens (tertiary/aromatic N) is 5. The number of carbonyl (C=O) groups excluding carboxylic acids is 1. The molecule has 3 aromatic rings. The molecular weight excluding hydrogens is 418 g/mol. The summed E-state index contributed by atoms with van der Waals surface area (Å²) in [4.78, 5) is 23.7. The zero-order chi connectivity index (χ0) is 23.7. The van der Waals surface area contributed by atoms with Crippen molar-refractivity contribution in [1.29, 1.82) is 5.26 Å². The van der Waals surface area contributed by atoms with Gasteiger partial charge in [-0.2, -0.15) is 5.26 Å². The normalized spacial score (nSPS) is 12.3. The Bertz CT molecular complexity index is 1180. The monoisotopic (exact) mass is 451 g/mol. The lowest BCUT2D eigenvalue weighted by Gasteiger charge is -2.28. The fourth-order valence-electron chi connectivity index (χ4n) is 3.57. The van der Waals surface area contributed by atoms with E-state index in [1.807, 2.05) is 38.3 Å². The van der Waals surface area contributed by atoms with Crippen molar-refractivity contribution in [3.63, 3.8) is 0 Å². The van der Waals surface area contributed by atoms with Crippen LogP contribution in [0.4, 0.5) is 5.69 Å². The van der Waals surface area contributed by atoms with Gasteiger partial charge in [-0.15, -0.1) is 0 Å². The third-order valence-corrected chi connectivity index (χ3v) is 7.12. The van der Waals surface area contributed by atoms with Gasteiger partial charge in [0.25, 0.3) is 0 Å². The van der Waals surface area contributed by atoms with E-state index < -0.39 is 13.5 Å². The molecule has 0 spiro atoms. The minimum absolute atomic E-state index is 0.0407. The second-order valence-corrected chi connectivity index (χ2v) is 16.0. The molecule has 0 N–H and O–H groups in total. The number of nitriles is 1. The van der Waals surface area contributed by atoms with Crippen LogP contribution in [-0.2, 0) is 16.3 Å². The van der Waals surface area contributed by atoms with E-state index >= 15 is 0 Å². The first-order chi connectivity index (χ1) is 15.0. The molecule has 3 aromatic heterocycles. The predicted octanol–water partition coefficient (Wildman–Crippen LogP) is 5.17. The number of carbonyl (C=O) groups is 1. The maximum absolute atomic E-state index is 13.0. The molecule has 0 bridgehead atoms. The number of ether oxygens (including phenoxy) is 1. The van der Waals surface area contributed by atoms with Crippen LogP contribution in [-0.4, -0.2) is 41.7 Å². The SMILES string of the molecule is CCN(C(=O)C(C)(C)C)c1cnc2c(c1)c1cc(C#N)ncc1n2COCC[Si](C)(C)C. The Balaban J connectivity index is 2.08. The largest absolute Gasteiger partial charge is 0.361 e. The quantitative estimate of drug-likeness (QED) is 0.366. The highest BCUT2D eigenvalue weighted by molar-refractivity contribution is 6.76. The van der Waals surface area contributed by atoms with Crippen LogP contribution >= 0.6 is 0 Å². The zero-order valence-corrected chi connectivity index (χ0v) is 21.2. The third kappa shape index (κ3) is 5.00. The molecule has 3 rings (SSSR count). The van der Waals surface area contributed by atoms with E-state index in [1.165, 1.54) is 0 Å². The number of aromatic nitrogens is 3. The number of fused-ring (bicyclic) bond motifs is 3. The molecule has 7 nitrogen and oxygen atoms in total. The molecule has 3 heterocycles. The lowest BCUT2D eigenvalue weighted by molar-refractivity contribution is -0.125. The maximum atomic E-state index is 13.0. The van der Waals surface area contributed by atoms with Gasteiger partial charge in [-0.25, -0.2) is 9.97 Å². The van der Waals surface area contributed by atoms with Crippen LogP contribution in [0.1, 0.15) is 33.4 Å². The second kappa shape index (κ2) is 9.00. The van der Waals surface area contributed by atoms with Crippen molar-refractivity contribution < 1.29 is 9.53 Å². The van der Waals surface area contributed by atoms with Crippen LogP contribution in [0.3, 0.4) is 0 Å². The van der Waals surface area contributed by atoms with Crippen LogP contribution in [0.25, 0.3) is 21.9 Å². The first-order valence-corrected chi connectivity index (χ1v) is 14.7. The third-order valence-electron chi connectivity index (χ3n) is 5.42. The Labute approximate surface area is 191 Å². The first-order valence-electron chi connectivity index (χ1n) is 11.0. The molecule has 0 saturated carbocycles. The van der Waals surface area contributed by atoms with E-state index in [0.717, 1.165) is 33.7 Å². The van der Waals surface area contributed by atoms with Crippen molar-refractivity contribution in [2.24, 2.45) is 5.41 Å². The maximum Gasteiger partial charge on any atom is 0.232 e. The average Bonchev–Trinajstić information content (AvgIpc) is 3.02. The fourth-order valence-corrected chi connectivity index (χ4v) is 4.33. The summed E-state index contributed by atoms with van der Waals surface area (Å²) in [5.74, 6) is 0.0407. The van der Waals surface area contributed by atoms with Crippen molar-refractivity contribution in [2.75, 3.05) is 18.1 Å². The molecule has 0 aliphatic heterocycles. The summed E-state index contributed by atoms with van der Waals surface area (Å²) in [5, 5.41) is 11.1. The smallest absolute Gasteiger partial charge is 0.232 e. The fraction of sp³-hybridized carbons (Fsp3) is 0.500. The van der Waals surface area contributed by atoms with Gasteiger partial charge in [0.15, 0.2) is 0 Å². The highest BCUT2D eigenvalue weighted by Gasteiger charge is 2.28. The highest BCUT2D eigenvalue weighted by Crippen LogP contribution is 2.32. The summed E-state index contributed by atoms with van der Waals surface area (Å²) in [5.41, 5.74) is 2.21. The van der Waals surface area contributed by atoms with Gasteiger partial charge in [0, 0.05) is 37.4 Å². The number of amides is 1. The number of hydrogen-bond acceptors (Lipinski definition) is 5. The van der Waals surface area contributed by atoms with Gasteiger partial charge in [-0.1, -0.05) is 40.4 Å². The molecule has 0 radical (unpaired) electrons.